The zero-order chi connectivity index (χ0) is 31.5. The molecule has 2 aromatic carbocycles. The number of nitrogens with zero attached hydrogens (tertiary/aromatic N) is 2. The highest BCUT2D eigenvalue weighted by Crippen LogP contribution is 2.26. The number of nitrogens with one attached hydrogen (secondary N) is 1. The third-order valence-corrected chi connectivity index (χ3v) is 8.87. The van der Waals surface area contributed by atoms with Crippen molar-refractivity contribution in [2.75, 3.05) is 32.7 Å². The van der Waals surface area contributed by atoms with Gasteiger partial charge in [-0.15, -0.1) is 0 Å². The van der Waals surface area contributed by atoms with Gasteiger partial charge in [0.1, 0.15) is 0 Å². The highest BCUT2D eigenvalue weighted by atomic mass is 16.2. The minimum absolute atomic E-state index is 0.00242. The van der Waals surface area contributed by atoms with Crippen molar-refractivity contribution < 1.29 is 9.59 Å². The Labute approximate surface area is 260 Å². The number of carbonyl (C=O) groups is 2. The van der Waals surface area contributed by atoms with Gasteiger partial charge < -0.3 is 26.6 Å². The van der Waals surface area contributed by atoms with E-state index in [1.165, 1.54) is 27.8 Å². The number of rotatable bonds is 15. The second-order valence-electron chi connectivity index (χ2n) is 13.2. The quantitative estimate of drug-likeness (QED) is 0.263. The van der Waals surface area contributed by atoms with Crippen molar-refractivity contribution >= 4 is 11.8 Å². The Morgan fingerprint density at radius 1 is 0.884 bits per heavy atom. The average molecular weight is 592 g/mol. The molecule has 0 spiro atoms. The molecule has 7 nitrogen and oxygen atoms in total. The summed E-state index contributed by atoms with van der Waals surface area (Å²) in [7, 11) is 0. The standard InChI is InChI=1S/C36H57N5O2/c1-25(2)19-33-24-40(35(42)15-14-30-12-10-26(3)20-28(30)5)32(9-7-8-17-39-18-16-37)23-41(33)36(43)34(38)22-31-13-11-27(4)21-29(31)6/h10-13,20-21,25,32-34,39H,7-9,14-19,22-24,37-38H2,1-6H3/t32?,33-,34?/m1/s1. The van der Waals surface area contributed by atoms with Crippen molar-refractivity contribution in [3.05, 3.63) is 69.8 Å². The summed E-state index contributed by atoms with van der Waals surface area (Å²) in [5.41, 5.74) is 19.5. The molecular formula is C36H57N5O2. The first kappa shape index (κ1) is 34.7. The Morgan fingerprint density at radius 2 is 1.51 bits per heavy atom. The maximum atomic E-state index is 14.0. The van der Waals surface area contributed by atoms with Crippen LogP contribution < -0.4 is 16.8 Å². The van der Waals surface area contributed by atoms with Crippen LogP contribution in [0.25, 0.3) is 0 Å². The van der Waals surface area contributed by atoms with Crippen LogP contribution in [0.15, 0.2) is 36.4 Å². The van der Waals surface area contributed by atoms with E-state index >= 15 is 0 Å². The van der Waals surface area contributed by atoms with Gasteiger partial charge in [0, 0.05) is 44.7 Å². The number of amides is 2. The maximum absolute atomic E-state index is 14.0. The van der Waals surface area contributed by atoms with Crippen molar-refractivity contribution in [3.63, 3.8) is 0 Å². The van der Waals surface area contributed by atoms with Crippen LogP contribution in [-0.4, -0.2) is 72.5 Å². The van der Waals surface area contributed by atoms with Gasteiger partial charge in [0.15, 0.2) is 0 Å². The lowest BCUT2D eigenvalue weighted by atomic mass is 9.93. The second-order valence-corrected chi connectivity index (χ2v) is 13.2. The number of aryl methyl sites for hydroxylation is 5. The van der Waals surface area contributed by atoms with Crippen LogP contribution in [0.1, 0.15) is 79.3 Å². The van der Waals surface area contributed by atoms with E-state index in [0.29, 0.717) is 38.4 Å². The first-order valence-electron chi connectivity index (χ1n) is 16.4. The van der Waals surface area contributed by atoms with Crippen molar-refractivity contribution in [1.29, 1.82) is 0 Å². The molecule has 0 aliphatic carbocycles. The molecular weight excluding hydrogens is 534 g/mol. The Hall–Kier alpha value is -2.74. The van der Waals surface area contributed by atoms with Gasteiger partial charge in [-0.05, 0) is 94.5 Å². The molecule has 0 bridgehead atoms. The molecule has 1 aliphatic rings. The molecule has 0 aromatic heterocycles. The highest BCUT2D eigenvalue weighted by molar-refractivity contribution is 5.83. The number of benzene rings is 2. The zero-order valence-electron chi connectivity index (χ0n) is 27.6. The van der Waals surface area contributed by atoms with E-state index in [0.717, 1.165) is 50.8 Å². The number of nitrogens with two attached hydrogens (primary N) is 2. The fourth-order valence-corrected chi connectivity index (χ4v) is 6.50. The molecule has 5 N–H and O–H groups in total. The lowest BCUT2D eigenvalue weighted by Crippen LogP contribution is -2.63. The molecule has 1 aliphatic heterocycles. The maximum Gasteiger partial charge on any atom is 0.240 e. The lowest BCUT2D eigenvalue weighted by Gasteiger charge is -2.48. The number of unbranched alkanes of at least 4 members (excludes halogenated alkanes) is 1. The van der Waals surface area contributed by atoms with Gasteiger partial charge in [-0.25, -0.2) is 0 Å². The molecule has 2 unspecified atom stereocenters. The summed E-state index contributed by atoms with van der Waals surface area (Å²) in [5, 5.41) is 3.37. The van der Waals surface area contributed by atoms with Gasteiger partial charge in [-0.1, -0.05) is 67.8 Å². The average Bonchev–Trinajstić information content (AvgIpc) is 2.95. The van der Waals surface area contributed by atoms with Crippen LogP contribution in [0.5, 0.6) is 0 Å². The Kier molecular flexibility index (Phi) is 13.7. The zero-order valence-corrected chi connectivity index (χ0v) is 27.6. The van der Waals surface area contributed by atoms with Crippen LogP contribution >= 0.6 is 0 Å². The summed E-state index contributed by atoms with van der Waals surface area (Å²) in [6.07, 6.45) is 5.43. The van der Waals surface area contributed by atoms with Crippen LogP contribution in [-0.2, 0) is 22.4 Å². The Balaban J connectivity index is 1.78. The summed E-state index contributed by atoms with van der Waals surface area (Å²) < 4.78 is 0. The van der Waals surface area contributed by atoms with Crippen LogP contribution in [0.4, 0.5) is 0 Å². The molecule has 43 heavy (non-hydrogen) atoms. The highest BCUT2D eigenvalue weighted by Gasteiger charge is 2.39. The van der Waals surface area contributed by atoms with Gasteiger partial charge in [0.25, 0.3) is 0 Å². The third-order valence-electron chi connectivity index (χ3n) is 8.87. The van der Waals surface area contributed by atoms with Crippen molar-refractivity contribution in [2.24, 2.45) is 17.4 Å². The van der Waals surface area contributed by atoms with Crippen molar-refractivity contribution in [2.45, 2.75) is 105 Å². The molecule has 1 fully saturated rings. The number of hydrogen-bond donors (Lipinski definition) is 3. The normalized spacial score (nSPS) is 17.9. The van der Waals surface area contributed by atoms with Crippen LogP contribution in [0, 0.1) is 33.6 Å². The molecule has 0 saturated carbocycles. The molecule has 2 amide bonds. The van der Waals surface area contributed by atoms with Gasteiger partial charge in [0.2, 0.25) is 11.8 Å². The van der Waals surface area contributed by atoms with Crippen LogP contribution in [0.3, 0.4) is 0 Å². The number of carbonyl (C=O) groups excluding carboxylic acids is 2. The Morgan fingerprint density at radius 3 is 2.12 bits per heavy atom. The SMILES string of the molecule is Cc1ccc(CCC(=O)N2C[C@@H](CC(C)C)N(C(=O)C(N)Cc3ccc(C)cc3C)CC2CCCCNCCN)c(C)c1. The minimum atomic E-state index is -0.607. The van der Waals surface area contributed by atoms with E-state index in [4.69, 9.17) is 11.5 Å². The van der Waals surface area contributed by atoms with E-state index in [2.05, 4.69) is 88.2 Å². The van der Waals surface area contributed by atoms with E-state index in [1.807, 2.05) is 4.90 Å². The summed E-state index contributed by atoms with van der Waals surface area (Å²) in [6, 6.07) is 12.1. The summed E-state index contributed by atoms with van der Waals surface area (Å²) in [4.78, 5) is 32.0. The molecule has 2 aromatic rings. The lowest BCUT2D eigenvalue weighted by molar-refractivity contribution is -0.148. The van der Waals surface area contributed by atoms with Gasteiger partial charge in [0.05, 0.1) is 6.04 Å². The Bertz CT molecular complexity index is 1200. The molecule has 238 valence electrons. The molecule has 0 radical (unpaired) electrons. The predicted octanol–water partition coefficient (Wildman–Crippen LogP) is 4.60. The molecule has 3 rings (SSSR count). The fourth-order valence-electron chi connectivity index (χ4n) is 6.50. The smallest absolute Gasteiger partial charge is 0.240 e. The molecule has 3 atom stereocenters. The first-order chi connectivity index (χ1) is 20.5. The van der Waals surface area contributed by atoms with Crippen molar-refractivity contribution in [1.82, 2.24) is 15.1 Å². The number of piperazine rings is 1. The van der Waals surface area contributed by atoms with Gasteiger partial charge in [-0.2, -0.15) is 0 Å². The topological polar surface area (TPSA) is 105 Å². The van der Waals surface area contributed by atoms with E-state index in [-0.39, 0.29) is 23.9 Å². The summed E-state index contributed by atoms with van der Waals surface area (Å²) in [5.74, 6) is 0.586. The second kappa shape index (κ2) is 16.9. The van der Waals surface area contributed by atoms with Gasteiger partial charge >= 0.3 is 0 Å². The minimum Gasteiger partial charge on any atom is -0.336 e. The predicted molar refractivity (Wildman–Crippen MR) is 178 cm³/mol. The monoisotopic (exact) mass is 591 g/mol. The van der Waals surface area contributed by atoms with E-state index in [9.17, 15) is 9.59 Å². The van der Waals surface area contributed by atoms with Crippen molar-refractivity contribution in [3.8, 4) is 0 Å². The molecule has 1 saturated heterocycles. The summed E-state index contributed by atoms with van der Waals surface area (Å²) >= 11 is 0. The van der Waals surface area contributed by atoms with E-state index < -0.39 is 6.04 Å². The molecule has 7 heteroatoms. The van der Waals surface area contributed by atoms with Gasteiger partial charge in [-0.3, -0.25) is 9.59 Å². The van der Waals surface area contributed by atoms with E-state index in [1.54, 1.807) is 0 Å². The largest absolute Gasteiger partial charge is 0.336 e. The third kappa shape index (κ3) is 10.4. The molecule has 1 heterocycles. The number of hydrogen-bond acceptors (Lipinski definition) is 5. The first-order valence-corrected chi connectivity index (χ1v) is 16.4. The summed E-state index contributed by atoms with van der Waals surface area (Å²) in [6.45, 7) is 16.2. The fraction of sp³-hybridized carbons (Fsp3) is 0.611. The van der Waals surface area contributed by atoms with Crippen LogP contribution in [0.2, 0.25) is 0 Å².